The van der Waals surface area contributed by atoms with E-state index in [-0.39, 0.29) is 19.5 Å². The van der Waals surface area contributed by atoms with Gasteiger partial charge in [0.15, 0.2) is 8.07 Å². The van der Waals surface area contributed by atoms with Crippen LogP contribution in [0.4, 0.5) is 0 Å². The summed E-state index contributed by atoms with van der Waals surface area (Å²) in [6, 6.07) is 106. The molecule has 0 amide bonds. The molecule has 11 aromatic carbocycles. The van der Waals surface area contributed by atoms with E-state index in [4.69, 9.17) is 5.10 Å². The number of rotatable bonds is 8. The van der Waals surface area contributed by atoms with Crippen molar-refractivity contribution in [1.82, 2.24) is 24.5 Å². The van der Waals surface area contributed by atoms with Gasteiger partial charge in [-0.25, -0.2) is 0 Å². The van der Waals surface area contributed by atoms with E-state index < -0.39 is 8.07 Å². The Bertz CT molecular complexity index is 4680. The fraction of sp³-hybridized carbons (Fsp3) is 0.0494. The Kier molecular flexibility index (Phi) is 16.0. The fourth-order valence-corrected chi connectivity index (χ4v) is 18.8. The maximum atomic E-state index is 4.95. The molecular formula is C81H60N5RhSi. The minimum Gasteiger partial charge on any atom is -0.305 e. The minimum absolute atomic E-state index is 0. The molecule has 0 unspecified atom stereocenters. The molecule has 0 aliphatic carbocycles. The van der Waals surface area contributed by atoms with Crippen LogP contribution in [0.1, 0.15) is 22.5 Å². The summed E-state index contributed by atoms with van der Waals surface area (Å²) in [5.74, 6) is 0. The molecule has 0 saturated heterocycles. The van der Waals surface area contributed by atoms with Crippen molar-refractivity contribution in [2.45, 2.75) is 27.7 Å². The molecule has 14 aromatic rings. The minimum atomic E-state index is -2.44. The van der Waals surface area contributed by atoms with Crippen LogP contribution in [0.3, 0.4) is 0 Å². The van der Waals surface area contributed by atoms with Crippen LogP contribution in [0.15, 0.2) is 292 Å². The number of nitrogens with zero attached hydrogens (tertiary/aromatic N) is 5. The Morgan fingerprint density at radius 3 is 1.42 bits per heavy atom. The number of hydrogen-bond acceptors (Lipinski definition) is 3. The molecule has 422 valence electrons. The van der Waals surface area contributed by atoms with E-state index in [9.17, 15) is 0 Å². The van der Waals surface area contributed by atoms with Crippen molar-refractivity contribution < 1.29 is 19.5 Å². The number of fused-ring (bicyclic) bond motifs is 10. The van der Waals surface area contributed by atoms with Crippen molar-refractivity contribution in [3.05, 3.63) is 332 Å². The zero-order valence-electron chi connectivity index (χ0n) is 49.3. The number of hydrogen-bond donors (Lipinski definition) is 0. The van der Waals surface area contributed by atoms with Crippen LogP contribution in [0.5, 0.6) is 0 Å². The van der Waals surface area contributed by atoms with E-state index in [1.54, 1.807) is 0 Å². The van der Waals surface area contributed by atoms with Crippen molar-refractivity contribution in [2.24, 2.45) is 0 Å². The first kappa shape index (κ1) is 56.9. The second-order valence-electron chi connectivity index (χ2n) is 22.3. The van der Waals surface area contributed by atoms with E-state index in [2.05, 4.69) is 256 Å². The third kappa shape index (κ3) is 10.5. The molecule has 0 fully saturated rings. The molecule has 5 nitrogen and oxygen atoms in total. The number of pyridine rings is 1. The average Bonchev–Trinajstić information content (AvgIpc) is 1.68. The molecule has 1 spiro atoms. The van der Waals surface area contributed by atoms with E-state index in [0.717, 1.165) is 45.1 Å². The quantitative estimate of drug-likeness (QED) is 0.113. The Balaban J connectivity index is 0.000000126. The van der Waals surface area contributed by atoms with Crippen LogP contribution in [0, 0.1) is 45.9 Å². The number of aryl methyl sites for hydroxylation is 3. The summed E-state index contributed by atoms with van der Waals surface area (Å²) in [6.07, 6.45) is 5.80. The molecule has 88 heavy (non-hydrogen) atoms. The van der Waals surface area contributed by atoms with Gasteiger partial charge in [0.05, 0.1) is 11.9 Å². The molecule has 0 bridgehead atoms. The molecule has 2 aliphatic heterocycles. The maximum absolute atomic E-state index is 4.95. The summed E-state index contributed by atoms with van der Waals surface area (Å²) in [4.78, 5) is 4.53. The third-order valence-corrected chi connectivity index (χ3v) is 22.0. The predicted molar refractivity (Wildman–Crippen MR) is 361 cm³/mol. The molecule has 0 atom stereocenters. The third-order valence-electron chi connectivity index (χ3n) is 17.0. The zero-order valence-corrected chi connectivity index (χ0v) is 51.9. The standard InChI is InChI=1S/C35H25N2Si.C25H20N.C21H15N2.Rh/c1-23-35(24(2)37(36-23)26-12-4-3-5-13-26)25-20-21-30-29-16-8-11-19-33(29)38(34(30)22-25)31-17-9-6-14-27(31)28-15-7-10-18-32(28)38;1-18-15-23(20-9-5-3-6-10-20)16-19(2)25(18)22-13-14-26-24(17-22)21-11-7-4-8-12-21;1-3-7-17(8-4-1)18-11-13-19(14-12-18)20-15-22-23(16-20)21-9-5-2-6-10-21;/h3-12,14-22H,1-2H3;3-11,13-17H,1-2H3;1-9,11-16H;/q3*-1;+3. The van der Waals surface area contributed by atoms with Gasteiger partial charge in [0.1, 0.15) is 0 Å². The van der Waals surface area contributed by atoms with Crippen molar-refractivity contribution in [3.63, 3.8) is 0 Å². The molecule has 7 heteroatoms. The van der Waals surface area contributed by atoms with Crippen LogP contribution >= 0.6 is 0 Å². The van der Waals surface area contributed by atoms with E-state index in [1.807, 2.05) is 101 Å². The van der Waals surface area contributed by atoms with E-state index in [0.29, 0.717) is 0 Å². The smallest absolute Gasteiger partial charge is 0.305 e. The summed E-state index contributed by atoms with van der Waals surface area (Å²) in [7, 11) is -2.44. The SMILES string of the molecule is Cc1cc(-c2ccccc2)cc(C)c1-c1ccnc(-c2[c-]cccc2)c1.Cc1nn(-c2[c-]cccc2)c(C)c1-c1ccc2c(c1)[Si]1(c3ccccc3-c3ccccc31)c1ccccc1-2.[Rh+3].[c-]1ccccc1-n1cc(-c2ccc(-c3ccccc3)cc2)cn1. The topological polar surface area (TPSA) is 48.5 Å². The first-order valence-electron chi connectivity index (χ1n) is 29.6. The fourth-order valence-electron chi connectivity index (χ4n) is 13.2. The summed E-state index contributed by atoms with van der Waals surface area (Å²) >= 11 is 0. The molecule has 0 radical (unpaired) electrons. The molecule has 2 aliphatic rings. The van der Waals surface area contributed by atoms with Crippen LogP contribution in [-0.4, -0.2) is 32.6 Å². The van der Waals surface area contributed by atoms with Crippen molar-refractivity contribution in [1.29, 1.82) is 0 Å². The molecule has 3 aromatic heterocycles. The van der Waals surface area contributed by atoms with Gasteiger partial charge in [0.2, 0.25) is 0 Å². The van der Waals surface area contributed by atoms with Gasteiger partial charge in [0.25, 0.3) is 0 Å². The van der Waals surface area contributed by atoms with Gasteiger partial charge in [-0.1, -0.05) is 194 Å². The van der Waals surface area contributed by atoms with Crippen LogP contribution in [-0.2, 0) is 19.5 Å². The van der Waals surface area contributed by atoms with Gasteiger partial charge in [-0.05, 0) is 149 Å². The zero-order chi connectivity index (χ0) is 58.8. The average molecular weight is 1230 g/mol. The van der Waals surface area contributed by atoms with Gasteiger partial charge >= 0.3 is 19.5 Å². The number of benzene rings is 11. The summed E-state index contributed by atoms with van der Waals surface area (Å²) in [6.45, 7) is 8.66. The Labute approximate surface area is 529 Å². The molecule has 0 saturated carbocycles. The molecule has 5 heterocycles. The summed E-state index contributed by atoms with van der Waals surface area (Å²) in [5, 5.41) is 15.4. The largest absolute Gasteiger partial charge is 3.00 e. The van der Waals surface area contributed by atoms with Crippen LogP contribution < -0.4 is 20.7 Å². The monoisotopic (exact) mass is 1230 g/mol. The van der Waals surface area contributed by atoms with Crippen LogP contribution in [0.25, 0.3) is 101 Å². The number of aromatic nitrogens is 5. The van der Waals surface area contributed by atoms with Gasteiger partial charge in [0, 0.05) is 29.2 Å². The Morgan fingerprint density at radius 2 is 0.852 bits per heavy atom. The second kappa shape index (κ2) is 24.7. The normalized spacial score (nSPS) is 11.9. The Morgan fingerprint density at radius 1 is 0.375 bits per heavy atom. The van der Waals surface area contributed by atoms with E-state index >= 15 is 0 Å². The summed E-state index contributed by atoms with van der Waals surface area (Å²) in [5.41, 5.74) is 26.3. The van der Waals surface area contributed by atoms with Gasteiger partial charge in [-0.15, -0.1) is 48.0 Å². The van der Waals surface area contributed by atoms with E-state index in [1.165, 1.54) is 98.6 Å². The summed E-state index contributed by atoms with van der Waals surface area (Å²) < 4.78 is 3.88. The van der Waals surface area contributed by atoms with Gasteiger partial charge in [-0.2, -0.15) is 58.7 Å². The van der Waals surface area contributed by atoms with Gasteiger partial charge in [-0.3, -0.25) is 9.36 Å². The molecule has 0 N–H and O–H groups in total. The first-order chi connectivity index (χ1) is 42.8. The first-order valence-corrected chi connectivity index (χ1v) is 31.6. The molecule has 16 rings (SSSR count). The van der Waals surface area contributed by atoms with Crippen LogP contribution in [0.2, 0.25) is 0 Å². The maximum Gasteiger partial charge on any atom is 3.00 e. The second-order valence-corrected chi connectivity index (χ2v) is 25.9. The Hall–Kier alpha value is -10.2. The van der Waals surface area contributed by atoms with Crippen molar-refractivity contribution >= 4 is 28.8 Å². The molecular weight excluding hydrogens is 1170 g/mol. The predicted octanol–water partition coefficient (Wildman–Crippen LogP) is 16.8. The van der Waals surface area contributed by atoms with Crippen molar-refractivity contribution in [3.8, 4) is 101 Å². The van der Waals surface area contributed by atoms with Gasteiger partial charge < -0.3 is 4.98 Å². The van der Waals surface area contributed by atoms with Crippen molar-refractivity contribution in [2.75, 3.05) is 0 Å². The number of para-hydroxylation sites is 2.